The first-order valence-electron chi connectivity index (χ1n) is 16.0. The third-order valence-corrected chi connectivity index (χ3v) is 10.9. The molecule has 5 aliphatic rings. The minimum Gasteiger partial charge on any atom is -0.461 e. The maximum atomic E-state index is 14.5. The Balaban J connectivity index is 1.19. The minimum absolute atomic E-state index is 0.00488. The van der Waals surface area contributed by atoms with Gasteiger partial charge in [0.15, 0.2) is 11.5 Å². The fourth-order valence-electron chi connectivity index (χ4n) is 8.41. The summed E-state index contributed by atoms with van der Waals surface area (Å²) in [6, 6.07) is 7.70. The summed E-state index contributed by atoms with van der Waals surface area (Å²) in [7, 11) is 0. The van der Waals surface area contributed by atoms with E-state index in [1.807, 2.05) is 11.0 Å². The van der Waals surface area contributed by atoms with Crippen LogP contribution < -0.4 is 9.64 Å². The molecule has 3 saturated heterocycles. The number of rotatable bonds is 7. The molecular weight excluding hydrogens is 612 g/mol. The van der Waals surface area contributed by atoms with Crippen LogP contribution >= 0.6 is 11.6 Å². The van der Waals surface area contributed by atoms with Crippen LogP contribution in [0, 0.1) is 12.5 Å². The highest BCUT2D eigenvalue weighted by Gasteiger charge is 2.50. The Morgan fingerprint density at radius 1 is 1.22 bits per heavy atom. The first-order valence-corrected chi connectivity index (χ1v) is 16.4. The summed E-state index contributed by atoms with van der Waals surface area (Å²) < 4.78 is 34.7. The molecule has 4 fully saturated rings. The molecule has 1 saturated carbocycles. The van der Waals surface area contributed by atoms with Gasteiger partial charge in [-0.25, -0.2) is 20.3 Å². The highest BCUT2D eigenvalue weighted by molar-refractivity contribution is 6.34. The second-order valence-electron chi connectivity index (χ2n) is 13.4. The SMILES string of the molecule is [C-]#[N+]C[C@H]1CN(c2nc(OCC34CCCN3C[C@H](F)C4)nc3nc(-c4cccc5c4C4CC4C5)c(Cl)cc23)CCN1C(=O)C(=C)F. The van der Waals surface area contributed by atoms with Crippen LogP contribution in [0.3, 0.4) is 0 Å². The van der Waals surface area contributed by atoms with Crippen LogP contribution in [0.25, 0.3) is 27.1 Å². The zero-order chi connectivity index (χ0) is 31.7. The van der Waals surface area contributed by atoms with E-state index >= 15 is 0 Å². The number of alkyl halides is 1. The molecule has 5 heterocycles. The van der Waals surface area contributed by atoms with Gasteiger partial charge in [-0.15, -0.1) is 0 Å². The van der Waals surface area contributed by atoms with E-state index in [1.165, 1.54) is 22.4 Å². The number of fused-ring (bicyclic) bond motifs is 5. The van der Waals surface area contributed by atoms with Crippen molar-refractivity contribution in [3.05, 3.63) is 64.2 Å². The second kappa shape index (κ2) is 11.1. The summed E-state index contributed by atoms with van der Waals surface area (Å²) in [4.78, 5) is 36.2. The quantitative estimate of drug-likeness (QED) is 0.252. The van der Waals surface area contributed by atoms with Crippen LogP contribution in [0.4, 0.5) is 14.6 Å². The number of amides is 1. The fourth-order valence-corrected chi connectivity index (χ4v) is 8.67. The van der Waals surface area contributed by atoms with Crippen molar-refractivity contribution in [2.45, 2.75) is 55.8 Å². The van der Waals surface area contributed by atoms with Crippen molar-refractivity contribution < 1.29 is 18.3 Å². The predicted octanol–water partition coefficient (Wildman–Crippen LogP) is 5.38. The molecule has 1 aromatic carbocycles. The minimum atomic E-state index is -1.05. The molecule has 8 rings (SSSR count). The molecular formula is C34H34ClF2N7O2. The number of hydrogen-bond donors (Lipinski definition) is 0. The number of pyridine rings is 1. The van der Waals surface area contributed by atoms with Crippen molar-refractivity contribution in [1.82, 2.24) is 24.8 Å². The van der Waals surface area contributed by atoms with Crippen molar-refractivity contribution >= 4 is 34.4 Å². The van der Waals surface area contributed by atoms with Crippen LogP contribution in [0.5, 0.6) is 6.01 Å². The number of nitrogens with zero attached hydrogens (tertiary/aromatic N) is 7. The highest BCUT2D eigenvalue weighted by atomic mass is 35.5. The van der Waals surface area contributed by atoms with E-state index in [0.717, 1.165) is 31.4 Å². The summed E-state index contributed by atoms with van der Waals surface area (Å²) in [5.74, 6) is -0.115. The normalized spacial score (nSPS) is 28.1. The topological polar surface area (TPSA) is 79.1 Å². The zero-order valence-corrected chi connectivity index (χ0v) is 26.1. The number of hydrogen-bond acceptors (Lipinski definition) is 7. The number of carbonyl (C=O) groups excluding carboxylic acids is 1. The number of carbonyl (C=O) groups is 1. The van der Waals surface area contributed by atoms with Gasteiger partial charge in [0.25, 0.3) is 5.91 Å². The first-order chi connectivity index (χ1) is 22.2. The van der Waals surface area contributed by atoms with Crippen LogP contribution in [0.15, 0.2) is 36.7 Å². The number of benzene rings is 1. The Labute approximate surface area is 271 Å². The number of anilines is 1. The Bertz CT molecular complexity index is 1820. The van der Waals surface area contributed by atoms with Gasteiger partial charge in [-0.05, 0) is 61.3 Å². The van der Waals surface area contributed by atoms with Gasteiger partial charge in [0.2, 0.25) is 6.54 Å². The fraction of sp³-hybridized carbons (Fsp3) is 0.500. The Hall–Kier alpha value is -3.88. The molecule has 2 aromatic heterocycles. The van der Waals surface area contributed by atoms with Crippen LogP contribution in [0.2, 0.25) is 5.02 Å². The van der Waals surface area contributed by atoms with E-state index in [2.05, 4.69) is 34.5 Å². The molecule has 2 aliphatic carbocycles. The second-order valence-corrected chi connectivity index (χ2v) is 13.8. The number of piperazine rings is 1. The predicted molar refractivity (Wildman–Crippen MR) is 170 cm³/mol. The molecule has 0 spiro atoms. The molecule has 0 radical (unpaired) electrons. The molecule has 0 N–H and O–H groups in total. The maximum Gasteiger partial charge on any atom is 0.320 e. The van der Waals surface area contributed by atoms with Gasteiger partial charge in [-0.2, -0.15) is 9.97 Å². The molecule has 238 valence electrons. The molecule has 3 aliphatic heterocycles. The number of aromatic nitrogens is 3. The molecule has 12 heteroatoms. The summed E-state index contributed by atoms with van der Waals surface area (Å²) in [6.07, 6.45) is 3.64. The summed E-state index contributed by atoms with van der Waals surface area (Å²) in [5.41, 5.74) is 4.38. The van der Waals surface area contributed by atoms with E-state index in [9.17, 15) is 13.6 Å². The Kier molecular flexibility index (Phi) is 7.14. The van der Waals surface area contributed by atoms with E-state index in [0.29, 0.717) is 58.9 Å². The largest absolute Gasteiger partial charge is 0.461 e. The average molecular weight is 646 g/mol. The first kappa shape index (κ1) is 29.5. The molecule has 3 aromatic rings. The van der Waals surface area contributed by atoms with Crippen molar-refractivity contribution in [3.63, 3.8) is 0 Å². The van der Waals surface area contributed by atoms with Gasteiger partial charge in [-0.3, -0.25) is 9.69 Å². The van der Waals surface area contributed by atoms with Crippen LogP contribution in [-0.2, 0) is 11.2 Å². The summed E-state index contributed by atoms with van der Waals surface area (Å²) in [6.45, 7) is 12.9. The van der Waals surface area contributed by atoms with Crippen LogP contribution in [-0.4, -0.2) is 94.3 Å². The van der Waals surface area contributed by atoms with Gasteiger partial charge in [0.05, 0.1) is 21.6 Å². The number of halogens is 3. The third-order valence-electron chi connectivity index (χ3n) is 10.6. The van der Waals surface area contributed by atoms with E-state index in [4.69, 9.17) is 37.9 Å². The lowest BCUT2D eigenvalue weighted by Gasteiger charge is -2.39. The lowest BCUT2D eigenvalue weighted by Crippen LogP contribution is -2.56. The van der Waals surface area contributed by atoms with E-state index < -0.39 is 23.9 Å². The van der Waals surface area contributed by atoms with E-state index in [-0.39, 0.29) is 37.8 Å². The van der Waals surface area contributed by atoms with Gasteiger partial charge in [-0.1, -0.05) is 36.4 Å². The van der Waals surface area contributed by atoms with Gasteiger partial charge < -0.3 is 19.4 Å². The van der Waals surface area contributed by atoms with Crippen molar-refractivity contribution in [1.29, 1.82) is 0 Å². The van der Waals surface area contributed by atoms with Crippen molar-refractivity contribution in [3.8, 4) is 17.3 Å². The molecule has 5 atom stereocenters. The van der Waals surface area contributed by atoms with E-state index in [1.54, 1.807) is 0 Å². The molecule has 46 heavy (non-hydrogen) atoms. The van der Waals surface area contributed by atoms with Crippen molar-refractivity contribution in [2.75, 3.05) is 50.8 Å². The standard InChI is InChI=1S/C34H34ClF2N7O2/c1-19(36)32(45)44-10-9-42(17-23(44)15-38-2)31-26-13-27(35)29(24-6-3-5-20-11-21-12-25(21)28(20)24)39-30(26)40-33(41-31)46-18-34-7-4-8-43(34)16-22(37)14-34/h3,5-6,13,21-23,25H,1,4,7-12,14-18H2/t21?,22-,23+,25?,34?/m1/s1. The highest BCUT2D eigenvalue weighted by Crippen LogP contribution is 2.59. The van der Waals surface area contributed by atoms with Crippen molar-refractivity contribution in [2.24, 2.45) is 5.92 Å². The third kappa shape index (κ3) is 4.88. The molecule has 3 unspecified atom stereocenters. The van der Waals surface area contributed by atoms with Gasteiger partial charge in [0.1, 0.15) is 24.6 Å². The zero-order valence-electron chi connectivity index (χ0n) is 25.4. The Morgan fingerprint density at radius 3 is 2.91 bits per heavy atom. The van der Waals surface area contributed by atoms with Crippen LogP contribution in [0.1, 0.15) is 42.7 Å². The smallest absolute Gasteiger partial charge is 0.320 e. The molecule has 0 bridgehead atoms. The maximum absolute atomic E-state index is 14.5. The monoisotopic (exact) mass is 645 g/mol. The molecule has 1 amide bonds. The Morgan fingerprint density at radius 2 is 2.09 bits per heavy atom. The summed E-state index contributed by atoms with van der Waals surface area (Å²) in [5, 5.41) is 1.09. The summed E-state index contributed by atoms with van der Waals surface area (Å²) >= 11 is 7.00. The average Bonchev–Trinajstić information content (AvgIpc) is 3.36. The lowest BCUT2D eigenvalue weighted by molar-refractivity contribution is -0.131. The van der Waals surface area contributed by atoms with Gasteiger partial charge in [0, 0.05) is 38.2 Å². The molecule has 9 nitrogen and oxygen atoms in total. The lowest BCUT2D eigenvalue weighted by atomic mass is 9.95. The number of ether oxygens (including phenoxy) is 1. The van der Waals surface area contributed by atoms with Gasteiger partial charge >= 0.3 is 6.01 Å².